The van der Waals surface area contributed by atoms with Crippen molar-refractivity contribution in [2.75, 3.05) is 5.32 Å². The Kier molecular flexibility index (Phi) is 3.78. The first kappa shape index (κ1) is 15.7. The molecule has 0 aromatic carbocycles. The summed E-state index contributed by atoms with van der Waals surface area (Å²) in [4.78, 5) is 23.5. The van der Waals surface area contributed by atoms with E-state index in [2.05, 4.69) is 15.5 Å². The van der Waals surface area contributed by atoms with Gasteiger partial charge in [0, 0.05) is 25.0 Å². The van der Waals surface area contributed by atoms with E-state index < -0.39 is 11.5 Å². The smallest absolute Gasteiger partial charge is 0.331 e. The summed E-state index contributed by atoms with van der Waals surface area (Å²) in [5.41, 5.74) is 0.681. The van der Waals surface area contributed by atoms with Gasteiger partial charge in [-0.2, -0.15) is 10.2 Å². The molecule has 0 spiro atoms. The molecule has 0 unspecified atom stereocenters. The zero-order valence-electron chi connectivity index (χ0n) is 13.2. The Hall–Kier alpha value is -2.64. The van der Waals surface area contributed by atoms with Crippen molar-refractivity contribution in [2.24, 2.45) is 7.05 Å². The molecule has 118 valence electrons. The molecule has 0 aliphatic heterocycles. The van der Waals surface area contributed by atoms with E-state index >= 15 is 0 Å². The molecule has 0 saturated heterocycles. The second kappa shape index (κ2) is 5.28. The number of carboxylic acid groups (broad SMARTS) is 1. The number of carbonyl (C=O) groups is 2. The lowest BCUT2D eigenvalue weighted by Crippen LogP contribution is -2.36. The average Bonchev–Trinajstić information content (AvgIpc) is 2.96. The molecule has 8 nitrogen and oxygen atoms in total. The van der Waals surface area contributed by atoms with E-state index in [0.29, 0.717) is 17.1 Å². The van der Waals surface area contributed by atoms with E-state index in [4.69, 9.17) is 0 Å². The summed E-state index contributed by atoms with van der Waals surface area (Å²) in [5.74, 6) is -1.03. The average molecular weight is 305 g/mol. The van der Waals surface area contributed by atoms with E-state index in [0.717, 1.165) is 5.69 Å². The van der Waals surface area contributed by atoms with E-state index in [1.54, 1.807) is 31.6 Å². The minimum atomic E-state index is -1.19. The van der Waals surface area contributed by atoms with Gasteiger partial charge in [0.25, 0.3) is 5.91 Å². The van der Waals surface area contributed by atoms with Crippen molar-refractivity contribution >= 4 is 17.7 Å². The quantitative estimate of drug-likeness (QED) is 0.886. The predicted molar refractivity (Wildman–Crippen MR) is 79.8 cm³/mol. The first-order chi connectivity index (χ1) is 10.1. The van der Waals surface area contributed by atoms with Crippen molar-refractivity contribution in [3.63, 3.8) is 0 Å². The standard InChI is InChI=1S/C14H19N5O3/c1-8-11(9(2)18(5)16-8)12(20)15-10-6-7-19(17-10)14(3,4)13(21)22/h6-7H,1-5H3,(H,21,22)(H,15,17,20). The monoisotopic (exact) mass is 305 g/mol. The maximum Gasteiger partial charge on any atom is 0.331 e. The van der Waals surface area contributed by atoms with Gasteiger partial charge in [-0.3, -0.25) is 14.2 Å². The molecule has 0 atom stereocenters. The van der Waals surface area contributed by atoms with Crippen molar-refractivity contribution < 1.29 is 14.7 Å². The second-order valence-corrected chi connectivity index (χ2v) is 5.63. The predicted octanol–water partition coefficient (Wildman–Crippen LogP) is 1.31. The van der Waals surface area contributed by atoms with Crippen LogP contribution in [0.4, 0.5) is 5.82 Å². The van der Waals surface area contributed by atoms with E-state index in [-0.39, 0.29) is 5.91 Å². The van der Waals surface area contributed by atoms with Crippen LogP contribution in [0.5, 0.6) is 0 Å². The summed E-state index contributed by atoms with van der Waals surface area (Å²) in [6.07, 6.45) is 1.52. The topological polar surface area (TPSA) is 102 Å². The lowest BCUT2D eigenvalue weighted by atomic mass is 10.1. The van der Waals surface area contributed by atoms with Crippen LogP contribution in [0, 0.1) is 13.8 Å². The van der Waals surface area contributed by atoms with E-state index in [1.807, 2.05) is 0 Å². The fourth-order valence-electron chi connectivity index (χ4n) is 2.08. The summed E-state index contributed by atoms with van der Waals surface area (Å²) >= 11 is 0. The zero-order valence-corrected chi connectivity index (χ0v) is 13.2. The first-order valence-corrected chi connectivity index (χ1v) is 6.75. The molecule has 2 heterocycles. The SMILES string of the molecule is Cc1nn(C)c(C)c1C(=O)Nc1ccn(C(C)(C)C(=O)O)n1. The Balaban J connectivity index is 2.24. The number of carboxylic acids is 1. The number of rotatable bonds is 4. The lowest BCUT2D eigenvalue weighted by Gasteiger charge is -2.19. The molecule has 0 radical (unpaired) electrons. The summed E-state index contributed by atoms with van der Waals surface area (Å²) in [6.45, 7) is 6.63. The molecule has 0 aliphatic rings. The Morgan fingerprint density at radius 2 is 1.91 bits per heavy atom. The van der Waals surface area contributed by atoms with Crippen LogP contribution >= 0.6 is 0 Å². The van der Waals surface area contributed by atoms with Gasteiger partial charge in [-0.1, -0.05) is 0 Å². The number of aromatic nitrogens is 4. The van der Waals surface area contributed by atoms with Crippen LogP contribution in [0.25, 0.3) is 0 Å². The Morgan fingerprint density at radius 3 is 2.41 bits per heavy atom. The van der Waals surface area contributed by atoms with Crippen LogP contribution in [-0.4, -0.2) is 36.5 Å². The van der Waals surface area contributed by atoms with Gasteiger partial charge in [0.2, 0.25) is 0 Å². The van der Waals surface area contributed by atoms with Crippen molar-refractivity contribution in [3.8, 4) is 0 Å². The van der Waals surface area contributed by atoms with Gasteiger partial charge in [-0.25, -0.2) is 4.79 Å². The van der Waals surface area contributed by atoms with Crippen LogP contribution < -0.4 is 5.32 Å². The number of hydrogen-bond donors (Lipinski definition) is 2. The maximum atomic E-state index is 12.3. The van der Waals surface area contributed by atoms with Gasteiger partial charge < -0.3 is 10.4 Å². The second-order valence-electron chi connectivity index (χ2n) is 5.63. The molecule has 0 fully saturated rings. The number of aryl methyl sites for hydroxylation is 2. The van der Waals surface area contributed by atoms with Gasteiger partial charge in [0.05, 0.1) is 11.3 Å². The highest BCUT2D eigenvalue weighted by Gasteiger charge is 2.30. The van der Waals surface area contributed by atoms with Gasteiger partial charge in [-0.05, 0) is 27.7 Å². The molecule has 0 saturated carbocycles. The number of nitrogens with zero attached hydrogens (tertiary/aromatic N) is 4. The van der Waals surface area contributed by atoms with Crippen LogP contribution in [0.3, 0.4) is 0 Å². The number of anilines is 1. The van der Waals surface area contributed by atoms with Gasteiger partial charge in [0.1, 0.15) is 0 Å². The fraction of sp³-hybridized carbons (Fsp3) is 0.429. The molecule has 0 bridgehead atoms. The Morgan fingerprint density at radius 1 is 1.27 bits per heavy atom. The molecule has 2 N–H and O–H groups in total. The van der Waals surface area contributed by atoms with Gasteiger partial charge in [0.15, 0.2) is 11.4 Å². The summed E-state index contributed by atoms with van der Waals surface area (Å²) in [7, 11) is 1.77. The van der Waals surface area contributed by atoms with Crippen LogP contribution in [0.1, 0.15) is 35.6 Å². The third kappa shape index (κ3) is 2.59. The maximum absolute atomic E-state index is 12.3. The molecule has 1 amide bonds. The third-order valence-electron chi connectivity index (χ3n) is 3.66. The van der Waals surface area contributed by atoms with E-state index in [9.17, 15) is 14.7 Å². The largest absolute Gasteiger partial charge is 0.479 e. The number of carbonyl (C=O) groups excluding carboxylic acids is 1. The number of hydrogen-bond acceptors (Lipinski definition) is 4. The zero-order chi connectivity index (χ0) is 16.7. The van der Waals surface area contributed by atoms with Crippen molar-refractivity contribution in [1.29, 1.82) is 0 Å². The highest BCUT2D eigenvalue weighted by Crippen LogP contribution is 2.18. The highest BCUT2D eigenvalue weighted by molar-refractivity contribution is 6.05. The van der Waals surface area contributed by atoms with Gasteiger partial charge in [-0.15, -0.1) is 0 Å². The number of nitrogens with one attached hydrogen (secondary N) is 1. The van der Waals surface area contributed by atoms with Crippen molar-refractivity contribution in [3.05, 3.63) is 29.2 Å². The van der Waals surface area contributed by atoms with Crippen LogP contribution in [-0.2, 0) is 17.4 Å². The molecule has 8 heteroatoms. The van der Waals surface area contributed by atoms with Crippen LogP contribution in [0.15, 0.2) is 12.3 Å². The number of amides is 1. The van der Waals surface area contributed by atoms with Crippen LogP contribution in [0.2, 0.25) is 0 Å². The molecule has 22 heavy (non-hydrogen) atoms. The molecule has 2 rings (SSSR count). The lowest BCUT2D eigenvalue weighted by molar-refractivity contribution is -0.146. The number of aliphatic carboxylic acids is 1. The Labute approximate surface area is 127 Å². The molecule has 2 aromatic heterocycles. The minimum Gasteiger partial charge on any atom is -0.479 e. The fourth-order valence-corrected chi connectivity index (χ4v) is 2.08. The minimum absolute atomic E-state index is 0.293. The van der Waals surface area contributed by atoms with Crippen molar-refractivity contribution in [2.45, 2.75) is 33.2 Å². The third-order valence-corrected chi connectivity index (χ3v) is 3.66. The van der Waals surface area contributed by atoms with E-state index in [1.165, 1.54) is 24.7 Å². The molecular formula is C14H19N5O3. The first-order valence-electron chi connectivity index (χ1n) is 6.75. The highest BCUT2D eigenvalue weighted by atomic mass is 16.4. The van der Waals surface area contributed by atoms with Gasteiger partial charge >= 0.3 is 5.97 Å². The summed E-state index contributed by atoms with van der Waals surface area (Å²) in [6, 6.07) is 1.56. The Bertz CT molecular complexity index is 742. The molecule has 0 aliphatic carbocycles. The molecule has 2 aromatic rings. The normalized spacial score (nSPS) is 11.5. The van der Waals surface area contributed by atoms with Crippen molar-refractivity contribution in [1.82, 2.24) is 19.6 Å². The molecular weight excluding hydrogens is 286 g/mol. The summed E-state index contributed by atoms with van der Waals surface area (Å²) in [5, 5.41) is 20.2. The summed E-state index contributed by atoms with van der Waals surface area (Å²) < 4.78 is 2.93.